The third-order valence-electron chi connectivity index (χ3n) is 3.19. The molecule has 0 aliphatic carbocycles. The van der Waals surface area contributed by atoms with Crippen molar-refractivity contribution in [2.24, 2.45) is 0 Å². The summed E-state index contributed by atoms with van der Waals surface area (Å²) in [5, 5.41) is 3.31. The van der Waals surface area contributed by atoms with Crippen LogP contribution in [0, 0.1) is 0 Å². The summed E-state index contributed by atoms with van der Waals surface area (Å²) in [6.45, 7) is 0.371. The topological polar surface area (TPSA) is 58.4 Å². The van der Waals surface area contributed by atoms with Gasteiger partial charge < -0.3 is 11.1 Å². The van der Waals surface area contributed by atoms with E-state index in [1.54, 1.807) is 18.2 Å². The van der Waals surface area contributed by atoms with Crippen molar-refractivity contribution in [3.63, 3.8) is 0 Å². The highest BCUT2D eigenvalue weighted by molar-refractivity contribution is 7.99. The average molecular weight is 300 g/mol. The van der Waals surface area contributed by atoms with Crippen LogP contribution in [0.5, 0.6) is 0 Å². The number of nitrogens with one attached hydrogen (secondary N) is 1. The molecule has 1 aliphatic rings. The summed E-state index contributed by atoms with van der Waals surface area (Å²) in [6.07, 6.45) is 1.15. The first kappa shape index (κ1) is 14.5. The van der Waals surface area contributed by atoms with Gasteiger partial charge in [0.05, 0.1) is 17.3 Å². The van der Waals surface area contributed by atoms with Crippen LogP contribution in [0.4, 0.5) is 11.4 Å². The minimum atomic E-state index is -0.0631. The number of benzene rings is 1. The van der Waals surface area contributed by atoms with Crippen LogP contribution in [0.2, 0.25) is 5.02 Å². The van der Waals surface area contributed by atoms with Crippen molar-refractivity contribution in [1.82, 2.24) is 4.90 Å². The predicted molar refractivity (Wildman–Crippen MR) is 82.9 cm³/mol. The van der Waals surface area contributed by atoms with Crippen molar-refractivity contribution < 1.29 is 4.79 Å². The second kappa shape index (κ2) is 6.50. The molecular weight excluding hydrogens is 282 g/mol. The van der Waals surface area contributed by atoms with E-state index in [4.69, 9.17) is 17.3 Å². The van der Waals surface area contributed by atoms with Crippen LogP contribution in [0.3, 0.4) is 0 Å². The Labute approximate surface area is 122 Å². The Morgan fingerprint density at radius 1 is 1.63 bits per heavy atom. The van der Waals surface area contributed by atoms with Gasteiger partial charge in [-0.25, -0.2) is 0 Å². The van der Waals surface area contributed by atoms with Crippen LogP contribution in [-0.2, 0) is 4.79 Å². The molecule has 0 spiro atoms. The van der Waals surface area contributed by atoms with Crippen LogP contribution in [0.15, 0.2) is 18.2 Å². The first-order valence-electron chi connectivity index (χ1n) is 6.19. The van der Waals surface area contributed by atoms with Gasteiger partial charge in [0.15, 0.2) is 0 Å². The van der Waals surface area contributed by atoms with Gasteiger partial charge in [0, 0.05) is 17.5 Å². The lowest BCUT2D eigenvalue weighted by Gasteiger charge is -2.22. The Kier molecular flexibility index (Phi) is 4.96. The molecule has 0 aromatic heterocycles. The number of likely N-dealkylation sites (N-methyl/N-ethyl adjacent to an activating group) is 1. The third kappa shape index (κ3) is 4.03. The van der Waals surface area contributed by atoms with Crippen LogP contribution in [0.25, 0.3) is 0 Å². The number of halogens is 1. The molecule has 1 fully saturated rings. The van der Waals surface area contributed by atoms with E-state index in [1.165, 1.54) is 5.75 Å². The zero-order chi connectivity index (χ0) is 13.8. The molecule has 1 heterocycles. The van der Waals surface area contributed by atoms with Crippen LogP contribution >= 0.6 is 23.4 Å². The number of thioether (sulfide) groups is 1. The minimum absolute atomic E-state index is 0.0631. The monoisotopic (exact) mass is 299 g/mol. The van der Waals surface area contributed by atoms with Crippen molar-refractivity contribution in [3.05, 3.63) is 23.2 Å². The Balaban J connectivity index is 1.91. The Morgan fingerprint density at radius 3 is 3.11 bits per heavy atom. The lowest BCUT2D eigenvalue weighted by Crippen LogP contribution is -2.38. The molecule has 1 aromatic rings. The Hall–Kier alpha value is -0.910. The fraction of sp³-hybridized carbons (Fsp3) is 0.462. The van der Waals surface area contributed by atoms with E-state index in [1.807, 2.05) is 18.8 Å². The molecule has 6 heteroatoms. The first-order valence-corrected chi connectivity index (χ1v) is 7.72. The second-order valence-electron chi connectivity index (χ2n) is 4.72. The average Bonchev–Trinajstić information content (AvgIpc) is 2.87. The van der Waals surface area contributed by atoms with Gasteiger partial charge in [0.2, 0.25) is 5.91 Å². The maximum atomic E-state index is 12.0. The van der Waals surface area contributed by atoms with Gasteiger partial charge in [-0.1, -0.05) is 11.6 Å². The summed E-state index contributed by atoms with van der Waals surface area (Å²) in [6, 6.07) is 5.56. The van der Waals surface area contributed by atoms with Crippen LogP contribution < -0.4 is 11.1 Å². The highest BCUT2D eigenvalue weighted by Crippen LogP contribution is 2.24. The predicted octanol–water partition coefficient (Wildman–Crippen LogP) is 2.30. The summed E-state index contributed by atoms with van der Waals surface area (Å²) in [5.41, 5.74) is 6.83. The van der Waals surface area contributed by atoms with E-state index < -0.39 is 0 Å². The molecule has 19 heavy (non-hydrogen) atoms. The maximum absolute atomic E-state index is 12.0. The number of anilines is 2. The minimum Gasteiger partial charge on any atom is -0.399 e. The highest BCUT2D eigenvalue weighted by atomic mass is 35.5. The van der Waals surface area contributed by atoms with Gasteiger partial charge in [0.1, 0.15) is 0 Å². The van der Waals surface area contributed by atoms with E-state index in [9.17, 15) is 4.79 Å². The number of hydrogen-bond donors (Lipinski definition) is 2. The van der Waals surface area contributed by atoms with E-state index in [2.05, 4.69) is 10.2 Å². The molecule has 0 radical (unpaired) electrons. The molecule has 0 bridgehead atoms. The Bertz CT molecular complexity index is 463. The number of nitrogens with two attached hydrogens (primary N) is 1. The third-order valence-corrected chi connectivity index (χ3v) is 4.66. The van der Waals surface area contributed by atoms with Crippen molar-refractivity contribution in [1.29, 1.82) is 0 Å². The van der Waals surface area contributed by atoms with Crippen LogP contribution in [-0.4, -0.2) is 41.9 Å². The highest BCUT2D eigenvalue weighted by Gasteiger charge is 2.21. The van der Waals surface area contributed by atoms with Crippen molar-refractivity contribution in [2.45, 2.75) is 12.5 Å². The first-order chi connectivity index (χ1) is 9.06. The van der Waals surface area contributed by atoms with Crippen molar-refractivity contribution in [3.8, 4) is 0 Å². The van der Waals surface area contributed by atoms with Crippen LogP contribution in [0.1, 0.15) is 6.42 Å². The number of carbonyl (C=O) groups excluding carboxylic acids is 1. The maximum Gasteiger partial charge on any atom is 0.238 e. The molecule has 4 nitrogen and oxygen atoms in total. The molecule has 1 aromatic carbocycles. The summed E-state index contributed by atoms with van der Waals surface area (Å²) >= 11 is 7.95. The largest absolute Gasteiger partial charge is 0.399 e. The van der Waals surface area contributed by atoms with E-state index in [-0.39, 0.29) is 5.91 Å². The quantitative estimate of drug-likeness (QED) is 0.838. The standard InChI is InChI=1S/C13H18ClN3OS/c1-17(10-4-5-19-8-10)7-13(18)16-12-6-9(15)2-3-11(12)14/h2-3,6,10H,4-5,7-8,15H2,1H3,(H,16,18). The lowest BCUT2D eigenvalue weighted by molar-refractivity contribution is -0.117. The fourth-order valence-corrected chi connectivity index (χ4v) is 3.52. The second-order valence-corrected chi connectivity index (χ2v) is 6.28. The van der Waals surface area contributed by atoms with E-state index in [0.717, 1.165) is 12.2 Å². The normalized spacial score (nSPS) is 18.8. The summed E-state index contributed by atoms with van der Waals surface area (Å²) in [4.78, 5) is 14.1. The zero-order valence-electron chi connectivity index (χ0n) is 10.9. The zero-order valence-corrected chi connectivity index (χ0v) is 12.4. The molecule has 1 saturated heterocycles. The molecular formula is C13H18ClN3OS. The molecule has 0 saturated carbocycles. The molecule has 1 amide bonds. The lowest BCUT2D eigenvalue weighted by atomic mass is 10.2. The molecule has 1 atom stereocenters. The van der Waals surface area contributed by atoms with Crippen molar-refractivity contribution >= 4 is 40.6 Å². The molecule has 1 aliphatic heterocycles. The molecule has 2 rings (SSSR count). The van der Waals surface area contributed by atoms with E-state index >= 15 is 0 Å². The fourth-order valence-electron chi connectivity index (χ4n) is 2.05. The summed E-state index contributed by atoms with van der Waals surface area (Å²) in [5.74, 6) is 2.22. The van der Waals surface area contributed by atoms with Gasteiger partial charge in [-0.05, 0) is 37.4 Å². The number of nitrogens with zero attached hydrogens (tertiary/aromatic N) is 1. The number of carbonyl (C=O) groups is 1. The summed E-state index contributed by atoms with van der Waals surface area (Å²) in [7, 11) is 1.98. The number of rotatable bonds is 4. The molecule has 104 valence electrons. The SMILES string of the molecule is CN(CC(=O)Nc1cc(N)ccc1Cl)C1CCSC1. The number of hydrogen-bond acceptors (Lipinski definition) is 4. The van der Waals surface area contributed by atoms with Gasteiger partial charge >= 0.3 is 0 Å². The number of nitrogen functional groups attached to an aromatic ring is 1. The number of amides is 1. The smallest absolute Gasteiger partial charge is 0.238 e. The van der Waals surface area contributed by atoms with Gasteiger partial charge in [-0.15, -0.1) is 0 Å². The summed E-state index contributed by atoms with van der Waals surface area (Å²) < 4.78 is 0. The van der Waals surface area contributed by atoms with E-state index in [0.29, 0.717) is 29.0 Å². The molecule has 3 N–H and O–H groups in total. The van der Waals surface area contributed by atoms with Crippen molar-refractivity contribution in [2.75, 3.05) is 36.1 Å². The Morgan fingerprint density at radius 2 is 2.42 bits per heavy atom. The molecule has 1 unspecified atom stereocenters. The van der Waals surface area contributed by atoms with Gasteiger partial charge in [0.25, 0.3) is 0 Å². The van der Waals surface area contributed by atoms with Gasteiger partial charge in [-0.2, -0.15) is 11.8 Å². The van der Waals surface area contributed by atoms with Gasteiger partial charge in [-0.3, -0.25) is 9.69 Å².